The van der Waals surface area contributed by atoms with Crippen LogP contribution in [0.4, 0.5) is 0 Å². The minimum atomic E-state index is -0.147. The summed E-state index contributed by atoms with van der Waals surface area (Å²) in [6, 6.07) is 12.0. The summed E-state index contributed by atoms with van der Waals surface area (Å²) in [7, 11) is 0. The van der Waals surface area contributed by atoms with E-state index in [1.807, 2.05) is 49.0 Å². The number of fused-ring (bicyclic) bond motifs is 1. The van der Waals surface area contributed by atoms with E-state index in [0.717, 1.165) is 22.4 Å². The van der Waals surface area contributed by atoms with E-state index in [1.165, 1.54) is 0 Å². The molecule has 6 heteroatoms. The molecule has 1 amide bonds. The lowest BCUT2D eigenvalue weighted by Crippen LogP contribution is -2.29. The molecule has 1 atom stereocenters. The summed E-state index contributed by atoms with van der Waals surface area (Å²) in [6.07, 6.45) is 4.22. The summed E-state index contributed by atoms with van der Waals surface area (Å²) >= 11 is 6.56. The first kappa shape index (κ1) is 17.6. The van der Waals surface area contributed by atoms with Crippen molar-refractivity contribution in [2.45, 2.75) is 26.4 Å². The van der Waals surface area contributed by atoms with Gasteiger partial charge < -0.3 is 10.1 Å². The Morgan fingerprint density at radius 1 is 1.33 bits per heavy atom. The zero-order valence-electron chi connectivity index (χ0n) is 15.2. The van der Waals surface area contributed by atoms with E-state index >= 15 is 0 Å². The average molecular weight is 382 g/mol. The predicted octanol–water partition coefficient (Wildman–Crippen LogP) is 3.94. The van der Waals surface area contributed by atoms with Crippen molar-refractivity contribution in [2.24, 2.45) is 0 Å². The average Bonchev–Trinajstić information content (AvgIpc) is 3.16. The number of aromatic nitrogens is 2. The third-order valence-electron chi connectivity index (χ3n) is 4.79. The van der Waals surface area contributed by atoms with E-state index in [4.69, 9.17) is 16.3 Å². The number of nitrogens with zero attached hydrogens (tertiary/aromatic N) is 2. The van der Waals surface area contributed by atoms with Crippen molar-refractivity contribution in [3.05, 3.63) is 76.1 Å². The van der Waals surface area contributed by atoms with E-state index in [-0.39, 0.29) is 12.0 Å². The molecule has 5 nitrogen and oxygen atoms in total. The summed E-state index contributed by atoms with van der Waals surface area (Å²) in [5.74, 6) is 0.334. The van der Waals surface area contributed by atoms with Crippen molar-refractivity contribution in [1.82, 2.24) is 15.1 Å². The first-order valence-corrected chi connectivity index (χ1v) is 9.26. The fourth-order valence-electron chi connectivity index (χ4n) is 3.23. The number of hydrogen-bond donors (Lipinski definition) is 1. The summed E-state index contributed by atoms with van der Waals surface area (Å²) in [6.45, 7) is 4.34. The largest absolute Gasteiger partial charge is 0.486 e. The number of carbonyl (C=O) groups excluding carboxylic acids is 1. The molecule has 0 bridgehead atoms. The molecule has 138 valence electrons. The molecular formula is C21H20ClN3O2. The van der Waals surface area contributed by atoms with Gasteiger partial charge in [-0.3, -0.25) is 4.79 Å². The number of benzene rings is 2. The fourth-order valence-corrected chi connectivity index (χ4v) is 3.50. The smallest absolute Gasteiger partial charge is 0.255 e. The molecule has 3 aromatic rings. The van der Waals surface area contributed by atoms with Gasteiger partial charge in [-0.05, 0) is 61.2 Å². The molecule has 1 N–H and O–H groups in total. The molecule has 0 aliphatic carbocycles. The second-order valence-electron chi connectivity index (χ2n) is 6.78. The SMILES string of the molecule is Cc1c(Cc2ccc(-n3cccn3)cc2)cc2c(c1Cl)O[C@H](C)CNC2=O. The fraction of sp³-hybridized carbons (Fsp3) is 0.238. The van der Waals surface area contributed by atoms with Crippen LogP contribution in [0.1, 0.15) is 34.0 Å². The van der Waals surface area contributed by atoms with Crippen LogP contribution in [-0.2, 0) is 6.42 Å². The summed E-state index contributed by atoms with van der Waals surface area (Å²) in [4.78, 5) is 12.4. The Morgan fingerprint density at radius 3 is 2.81 bits per heavy atom. The van der Waals surface area contributed by atoms with Gasteiger partial charge in [-0.2, -0.15) is 5.10 Å². The van der Waals surface area contributed by atoms with Crippen LogP contribution >= 0.6 is 11.6 Å². The van der Waals surface area contributed by atoms with E-state index in [9.17, 15) is 4.79 Å². The molecule has 1 aliphatic heterocycles. The van der Waals surface area contributed by atoms with Crippen molar-refractivity contribution in [2.75, 3.05) is 6.54 Å². The molecule has 0 saturated carbocycles. The van der Waals surface area contributed by atoms with Crippen LogP contribution in [0.2, 0.25) is 5.02 Å². The first-order valence-electron chi connectivity index (χ1n) is 8.88. The number of halogens is 1. The third-order valence-corrected chi connectivity index (χ3v) is 5.24. The van der Waals surface area contributed by atoms with Crippen molar-refractivity contribution >= 4 is 17.5 Å². The molecule has 2 aromatic carbocycles. The summed E-state index contributed by atoms with van der Waals surface area (Å²) in [5.41, 5.74) is 4.58. The van der Waals surface area contributed by atoms with Gasteiger partial charge in [-0.25, -0.2) is 4.68 Å². The molecule has 1 aromatic heterocycles. The van der Waals surface area contributed by atoms with Crippen molar-refractivity contribution in [1.29, 1.82) is 0 Å². The molecule has 0 saturated heterocycles. The van der Waals surface area contributed by atoms with Crippen LogP contribution in [0, 0.1) is 6.92 Å². The lowest BCUT2D eigenvalue weighted by Gasteiger charge is -2.17. The Hall–Kier alpha value is -2.79. The standard InChI is InChI=1S/C21H20ClN3O2/c1-13-12-23-21(26)18-11-16(14(2)19(22)20(18)27-13)10-15-4-6-17(7-5-15)25-9-3-8-24-25/h3-9,11,13H,10,12H2,1-2H3,(H,23,26)/t13-/m1/s1. The van der Waals surface area contributed by atoms with Crippen molar-refractivity contribution in [3.63, 3.8) is 0 Å². The zero-order chi connectivity index (χ0) is 19.0. The number of nitrogens with one attached hydrogen (secondary N) is 1. The van der Waals surface area contributed by atoms with Gasteiger partial charge in [0.25, 0.3) is 5.91 Å². The predicted molar refractivity (Wildman–Crippen MR) is 105 cm³/mol. The molecule has 2 heterocycles. The highest BCUT2D eigenvalue weighted by Crippen LogP contribution is 2.36. The van der Waals surface area contributed by atoms with E-state index in [0.29, 0.717) is 29.3 Å². The van der Waals surface area contributed by atoms with Gasteiger partial charge in [-0.15, -0.1) is 0 Å². The van der Waals surface area contributed by atoms with Crippen molar-refractivity contribution in [3.8, 4) is 11.4 Å². The molecule has 1 aliphatic rings. The monoisotopic (exact) mass is 381 g/mol. The van der Waals surface area contributed by atoms with Gasteiger partial charge in [0.1, 0.15) is 6.10 Å². The second-order valence-corrected chi connectivity index (χ2v) is 7.16. The first-order chi connectivity index (χ1) is 13.0. The molecule has 4 rings (SSSR count). The highest BCUT2D eigenvalue weighted by Gasteiger charge is 2.25. The van der Waals surface area contributed by atoms with E-state index < -0.39 is 0 Å². The number of rotatable bonds is 3. The van der Waals surface area contributed by atoms with Gasteiger partial charge in [0.2, 0.25) is 0 Å². The van der Waals surface area contributed by atoms with Gasteiger partial charge in [0.15, 0.2) is 5.75 Å². The summed E-state index contributed by atoms with van der Waals surface area (Å²) in [5, 5.41) is 7.63. The number of hydrogen-bond acceptors (Lipinski definition) is 3. The van der Waals surface area contributed by atoms with E-state index in [2.05, 4.69) is 22.5 Å². The molecular weight excluding hydrogens is 362 g/mol. The van der Waals surface area contributed by atoms with Crippen LogP contribution in [0.15, 0.2) is 48.8 Å². The van der Waals surface area contributed by atoms with E-state index in [1.54, 1.807) is 6.20 Å². The zero-order valence-corrected chi connectivity index (χ0v) is 16.0. The number of ether oxygens (including phenoxy) is 1. The van der Waals surface area contributed by atoms with Crippen LogP contribution in [-0.4, -0.2) is 28.3 Å². The van der Waals surface area contributed by atoms with Gasteiger partial charge in [0, 0.05) is 12.4 Å². The second kappa shape index (κ2) is 7.08. The number of amides is 1. The maximum Gasteiger partial charge on any atom is 0.255 e. The lowest BCUT2D eigenvalue weighted by molar-refractivity contribution is 0.0952. The topological polar surface area (TPSA) is 56.1 Å². The highest BCUT2D eigenvalue weighted by atomic mass is 35.5. The molecule has 0 spiro atoms. The molecule has 27 heavy (non-hydrogen) atoms. The number of carbonyl (C=O) groups is 1. The maximum absolute atomic E-state index is 12.4. The van der Waals surface area contributed by atoms with Gasteiger partial charge >= 0.3 is 0 Å². The normalized spacial score (nSPS) is 16.3. The Balaban J connectivity index is 1.66. The van der Waals surface area contributed by atoms with Crippen molar-refractivity contribution < 1.29 is 9.53 Å². The van der Waals surface area contributed by atoms with Gasteiger partial charge in [0.05, 0.1) is 22.8 Å². The Morgan fingerprint density at radius 2 is 2.11 bits per heavy atom. The van der Waals surface area contributed by atoms with Gasteiger partial charge in [-0.1, -0.05) is 23.7 Å². The van der Waals surface area contributed by atoms with Crippen LogP contribution in [0.3, 0.4) is 0 Å². The maximum atomic E-state index is 12.4. The van der Waals surface area contributed by atoms with Crippen LogP contribution < -0.4 is 10.1 Å². The minimum absolute atomic E-state index is 0.118. The van der Waals surface area contributed by atoms with Crippen LogP contribution in [0.25, 0.3) is 5.69 Å². The minimum Gasteiger partial charge on any atom is -0.486 e. The summed E-state index contributed by atoms with van der Waals surface area (Å²) < 4.78 is 7.69. The molecule has 0 unspecified atom stereocenters. The molecule has 0 radical (unpaired) electrons. The molecule has 0 fully saturated rings. The quantitative estimate of drug-likeness (QED) is 0.747. The Labute approximate surface area is 162 Å². The van der Waals surface area contributed by atoms with Crippen LogP contribution in [0.5, 0.6) is 5.75 Å². The Bertz CT molecular complexity index is 982. The third kappa shape index (κ3) is 3.43. The lowest BCUT2D eigenvalue weighted by atomic mass is 9.97. The highest BCUT2D eigenvalue weighted by molar-refractivity contribution is 6.33. The Kier molecular flexibility index (Phi) is 4.62.